The van der Waals surface area contributed by atoms with Crippen molar-refractivity contribution in [2.75, 3.05) is 56.7 Å². The summed E-state index contributed by atoms with van der Waals surface area (Å²) < 4.78 is 48.4. The van der Waals surface area contributed by atoms with Crippen LogP contribution in [0.25, 0.3) is 10.8 Å². The van der Waals surface area contributed by atoms with Crippen LogP contribution < -0.4 is 26.1 Å². The average molecular weight is 1040 g/mol. The number of nitrogens with one attached hydrogen (secondary N) is 2. The molecule has 19 nitrogen and oxygen atoms in total. The highest BCUT2D eigenvalue weighted by Gasteiger charge is 2.50. The number of aliphatic hydroxyl groups is 2. The lowest BCUT2D eigenvalue weighted by atomic mass is 9.78. The van der Waals surface area contributed by atoms with Gasteiger partial charge in [0.25, 0.3) is 11.7 Å². The molecule has 73 heavy (non-hydrogen) atoms. The number of hydrogen-bond acceptors (Lipinski definition) is 17. The predicted molar refractivity (Wildman–Crippen MR) is 273 cm³/mol. The van der Waals surface area contributed by atoms with Crippen LogP contribution in [0.15, 0.2) is 46.1 Å². The molecule has 3 saturated heterocycles. The van der Waals surface area contributed by atoms with Crippen molar-refractivity contribution < 1.29 is 62.2 Å². The van der Waals surface area contributed by atoms with E-state index in [0.29, 0.717) is 57.8 Å². The number of rotatable bonds is 6. The molecule has 5 bridgehead atoms. The quantitative estimate of drug-likeness (QED) is 0.222. The first-order chi connectivity index (χ1) is 34.4. The first kappa shape index (κ1) is 54.2. The Hall–Kier alpha value is -5.12. The van der Waals surface area contributed by atoms with E-state index < -0.39 is 92.9 Å². The number of aliphatic hydroxyl groups excluding tert-OH is 2. The second-order valence-corrected chi connectivity index (χ2v) is 24.1. The number of amides is 2. The minimum atomic E-state index is -2.99. The molecule has 7 aliphatic rings. The average Bonchev–Trinajstić information content (AvgIpc) is 3.84. The lowest BCUT2D eigenvalue weighted by Crippen LogP contribution is -2.57. The number of phenols is 2. The third-order valence-corrected chi connectivity index (χ3v) is 17.9. The predicted octanol–water partition coefficient (Wildman–Crippen LogP) is 4.17. The third-order valence-electron chi connectivity index (χ3n) is 16.1. The Morgan fingerprint density at radius 1 is 0.932 bits per heavy atom. The molecule has 0 unspecified atom stereocenters. The van der Waals surface area contributed by atoms with Gasteiger partial charge in [0.2, 0.25) is 0 Å². The topological polar surface area (TPSA) is 258 Å². The van der Waals surface area contributed by atoms with E-state index in [0.717, 1.165) is 6.54 Å². The number of carbonyl (C=O) groups excluding carboxylic acids is 3. The molecule has 9 atom stereocenters. The molecule has 0 aromatic heterocycles. The zero-order chi connectivity index (χ0) is 53.1. The van der Waals surface area contributed by atoms with Gasteiger partial charge in [-0.15, -0.1) is 0 Å². The van der Waals surface area contributed by atoms with Crippen LogP contribution in [0.4, 0.5) is 10.5 Å². The molecule has 7 heterocycles. The number of benzene rings is 2. The van der Waals surface area contributed by atoms with Gasteiger partial charge in [-0.1, -0.05) is 59.8 Å². The van der Waals surface area contributed by atoms with E-state index in [4.69, 9.17) is 28.9 Å². The van der Waals surface area contributed by atoms with Gasteiger partial charge in [0.15, 0.2) is 21.2 Å². The van der Waals surface area contributed by atoms with Crippen LogP contribution in [-0.2, 0) is 28.8 Å². The van der Waals surface area contributed by atoms with Gasteiger partial charge in [0, 0.05) is 112 Å². The van der Waals surface area contributed by atoms with Crippen molar-refractivity contribution in [3.05, 3.63) is 58.0 Å². The van der Waals surface area contributed by atoms with Crippen LogP contribution in [0.2, 0.25) is 0 Å². The zero-order valence-electron chi connectivity index (χ0n) is 43.7. The number of allylic oxidation sites excluding steroid dienone is 2. The van der Waals surface area contributed by atoms with E-state index >= 15 is 0 Å². The number of likely N-dealkylation sites (tertiary alicyclic amines) is 2. The fraction of sp³-hybridized carbons (Fsp3) is 0.642. The number of hydrogen-bond donors (Lipinski definition) is 6. The largest absolute Gasteiger partial charge is 0.507 e. The number of methoxy groups -OCH3 is 1. The van der Waals surface area contributed by atoms with E-state index in [1.165, 1.54) is 20.3 Å². The SMILES string of the molecule is CO[C@H]1/C=C\O[C@@]2(C)Oc3c(C)c(O)c4c(O)c(c5c(c4c3C2=O)=NC2(CCN(CC(C)C)CC2)N=5)NC(=O)/C(C)=C\C=C/[C@H](C)[C@H](O)[C@@H](C)[C@@H](O)[C@@H](C)[C@H](OC(=O)NC2CCN(C3CS(=O)(=O)C3)CC2)[C@@H]1C. The molecule has 2 aromatic carbocycles. The molecule has 2 aromatic rings. The summed E-state index contributed by atoms with van der Waals surface area (Å²) in [5.41, 5.74) is -0.677. The maximum atomic E-state index is 14.9. The van der Waals surface area contributed by atoms with Crippen molar-refractivity contribution in [2.45, 2.75) is 136 Å². The summed E-state index contributed by atoms with van der Waals surface area (Å²) in [5, 5.41) is 54.0. The highest BCUT2D eigenvalue weighted by Crippen LogP contribution is 2.50. The summed E-state index contributed by atoms with van der Waals surface area (Å²) in [5.74, 6) is -6.11. The smallest absolute Gasteiger partial charge is 0.407 e. The maximum Gasteiger partial charge on any atom is 0.407 e. The van der Waals surface area contributed by atoms with Crippen molar-refractivity contribution in [1.82, 2.24) is 15.1 Å². The van der Waals surface area contributed by atoms with Crippen LogP contribution >= 0.6 is 0 Å². The highest BCUT2D eigenvalue weighted by molar-refractivity contribution is 7.92. The van der Waals surface area contributed by atoms with Gasteiger partial charge in [-0.05, 0) is 38.7 Å². The van der Waals surface area contributed by atoms with Gasteiger partial charge >= 0.3 is 11.9 Å². The number of ketones is 1. The normalized spacial score (nSPS) is 32.9. The Kier molecular flexibility index (Phi) is 15.5. The Labute approximate surface area is 427 Å². The van der Waals surface area contributed by atoms with Crippen LogP contribution in [0.5, 0.6) is 17.2 Å². The van der Waals surface area contributed by atoms with Crippen molar-refractivity contribution >= 4 is 44.1 Å². The molecule has 0 aliphatic carbocycles. The van der Waals surface area contributed by atoms with Crippen molar-refractivity contribution in [1.29, 1.82) is 0 Å². The van der Waals surface area contributed by atoms with E-state index in [9.17, 15) is 43.2 Å². The summed E-state index contributed by atoms with van der Waals surface area (Å²) in [6.45, 7) is 19.4. The van der Waals surface area contributed by atoms with E-state index in [2.05, 4.69) is 34.3 Å². The Morgan fingerprint density at radius 2 is 1.59 bits per heavy atom. The van der Waals surface area contributed by atoms with Gasteiger partial charge in [-0.25, -0.2) is 13.2 Å². The van der Waals surface area contributed by atoms with Gasteiger partial charge in [-0.3, -0.25) is 24.5 Å². The van der Waals surface area contributed by atoms with E-state index in [1.807, 2.05) is 0 Å². The summed E-state index contributed by atoms with van der Waals surface area (Å²) in [6, 6.07) is -0.258. The molecule has 0 radical (unpaired) electrons. The molecule has 2 amide bonds. The number of ether oxygens (including phenoxy) is 4. The van der Waals surface area contributed by atoms with Crippen LogP contribution in [-0.4, -0.2) is 156 Å². The molecule has 20 heteroatoms. The zero-order valence-corrected chi connectivity index (χ0v) is 44.5. The van der Waals surface area contributed by atoms with Gasteiger partial charge in [0.05, 0.1) is 52.4 Å². The number of Topliss-reactive ketones (excluding diaryl/α,β-unsaturated/α-hetero) is 1. The lowest BCUT2D eigenvalue weighted by molar-refractivity contribution is -0.112. The molecule has 7 aliphatic heterocycles. The minimum absolute atomic E-state index is 0.0144. The molecular weight excluding hydrogens is 961 g/mol. The van der Waals surface area contributed by atoms with Crippen molar-refractivity contribution in [2.24, 2.45) is 39.6 Å². The van der Waals surface area contributed by atoms with E-state index in [1.54, 1.807) is 65.8 Å². The number of nitrogens with zero attached hydrogens (tertiary/aromatic N) is 4. The fourth-order valence-electron chi connectivity index (χ4n) is 11.5. The molecular formula is C53H74N6O13S. The highest BCUT2D eigenvalue weighted by atomic mass is 32.2. The number of carbonyl (C=O) groups is 3. The summed E-state index contributed by atoms with van der Waals surface area (Å²) in [7, 11) is -1.53. The number of sulfone groups is 1. The standard InChI is InChI=1S/C53H74N6O13S/c1-27(2)24-58-21-17-53(18-22-58)56-40-37-38-45(62)33(8)48-39(37)49(64)52(9,72-48)70-23-16-36(69-10)30(5)47(71-51(66)54-34-14-19-59(20-15-34)35-25-73(67,68)26-35)32(7)44(61)31(6)43(60)28(3)12-11-13-29(4)50(65)55-42(46(38)63)41(40)57-53/h11-13,16,23,27-28,30-32,34-36,43-44,47,60-63H,14-15,17-22,24-26H2,1-10H3,(H,54,66)(H,55,65)/b12-11-,23-16-,29-13-/t28-,30+,31+,32+,36-,43-,44+,47+,52-/m0/s1. The van der Waals surface area contributed by atoms with Crippen LogP contribution in [0.3, 0.4) is 0 Å². The molecule has 400 valence electrons. The van der Waals surface area contributed by atoms with Crippen molar-refractivity contribution in [3.63, 3.8) is 0 Å². The minimum Gasteiger partial charge on any atom is -0.507 e. The molecule has 1 spiro atoms. The van der Waals surface area contributed by atoms with Gasteiger partial charge in [0.1, 0.15) is 28.6 Å². The fourth-order valence-corrected chi connectivity index (χ4v) is 13.0. The number of fused-ring (bicyclic) bond motifs is 13. The number of anilines is 1. The van der Waals surface area contributed by atoms with Crippen molar-refractivity contribution in [3.8, 4) is 17.2 Å². The Morgan fingerprint density at radius 3 is 2.22 bits per heavy atom. The number of alkyl carbamates (subject to hydrolysis) is 1. The molecule has 3 fully saturated rings. The summed E-state index contributed by atoms with van der Waals surface area (Å²) >= 11 is 0. The summed E-state index contributed by atoms with van der Waals surface area (Å²) in [6.07, 6.45) is 5.05. The second kappa shape index (κ2) is 20.9. The summed E-state index contributed by atoms with van der Waals surface area (Å²) in [4.78, 5) is 57.7. The Bertz CT molecular complexity index is 2820. The second-order valence-electron chi connectivity index (χ2n) is 21.9. The number of phenolic OH excluding ortho intramolecular Hbond substituents is 2. The lowest BCUT2D eigenvalue weighted by Gasteiger charge is -2.41. The first-order valence-electron chi connectivity index (χ1n) is 25.7. The Balaban J connectivity index is 1.16. The van der Waals surface area contributed by atoms with Crippen LogP contribution in [0, 0.1) is 36.5 Å². The first-order valence-corrected chi connectivity index (χ1v) is 27.5. The van der Waals surface area contributed by atoms with Crippen LogP contribution in [0.1, 0.15) is 97.0 Å². The maximum absolute atomic E-state index is 14.9. The van der Waals surface area contributed by atoms with E-state index in [-0.39, 0.29) is 79.0 Å². The molecule has 6 N–H and O–H groups in total. The van der Waals surface area contributed by atoms with Gasteiger partial charge in [-0.2, -0.15) is 0 Å². The number of piperidine rings is 2. The number of aromatic hydroxyl groups is 2. The monoisotopic (exact) mass is 1030 g/mol. The molecule has 0 saturated carbocycles. The molecule has 9 rings (SSSR count). The third kappa shape index (κ3) is 10.6. The van der Waals surface area contributed by atoms with Gasteiger partial charge < -0.3 is 54.9 Å².